The number of hydrogen-bond donors (Lipinski definition) is 3. The third-order valence-electron chi connectivity index (χ3n) is 5.19. The van der Waals surface area contributed by atoms with Gasteiger partial charge in [-0.1, -0.05) is 47.7 Å². The summed E-state index contributed by atoms with van der Waals surface area (Å²) in [7, 11) is 0. The van der Waals surface area contributed by atoms with Crippen LogP contribution in [0.2, 0.25) is 0 Å². The van der Waals surface area contributed by atoms with Crippen LogP contribution in [0, 0.1) is 20.8 Å². The molecule has 32 heavy (non-hydrogen) atoms. The number of fused-ring (bicyclic) bond motifs is 1. The number of rotatable bonds is 5. The molecule has 0 spiro atoms. The third-order valence-corrected chi connectivity index (χ3v) is 6.14. The molecule has 0 radical (unpaired) electrons. The summed E-state index contributed by atoms with van der Waals surface area (Å²) in [6.45, 7) is 5.90. The van der Waals surface area contributed by atoms with Crippen molar-refractivity contribution in [2.75, 3.05) is 10.6 Å². The first-order valence-corrected chi connectivity index (χ1v) is 11.3. The summed E-state index contributed by atoms with van der Waals surface area (Å²) < 4.78 is 0. The molecule has 0 saturated heterocycles. The molecule has 0 saturated carbocycles. The van der Waals surface area contributed by atoms with Crippen molar-refractivity contribution >= 4 is 35.1 Å². The number of nitrogens with zero attached hydrogens (tertiary/aromatic N) is 1. The van der Waals surface area contributed by atoms with E-state index < -0.39 is 17.4 Å². The summed E-state index contributed by atoms with van der Waals surface area (Å²) in [6, 6.07) is 13.8. The number of nitrogens with one attached hydrogen (secondary N) is 3. The average molecular weight is 449 g/mol. The molecule has 2 aromatic carbocycles. The lowest BCUT2D eigenvalue weighted by Gasteiger charge is -2.23. The van der Waals surface area contributed by atoms with Crippen molar-refractivity contribution in [2.45, 2.75) is 44.0 Å². The molecule has 4 rings (SSSR count). The monoisotopic (exact) mass is 448 g/mol. The Bertz CT molecular complexity index is 1250. The number of thioether (sulfide) groups is 1. The standard InChI is InChI=1S/C24H24N4O3S/c1-13-5-4-6-16(8-13)12-32-24-27-21-20(23(31)28-24)18(11-19(29)26-21)22(30)25-17-9-14(2)7-15(3)10-17/h4-10,18H,11-12H2,1-3H3,(H,25,30)(H2,26,27,28,29,31)/t18-/m1/s1. The number of aromatic nitrogens is 2. The average Bonchev–Trinajstić information content (AvgIpc) is 2.70. The van der Waals surface area contributed by atoms with Gasteiger partial charge in [-0.3, -0.25) is 14.4 Å². The molecule has 1 aliphatic heterocycles. The number of carbonyl (C=O) groups is 2. The Kier molecular flexibility index (Phi) is 6.14. The Hall–Kier alpha value is -3.39. The molecule has 0 fully saturated rings. The second-order valence-corrected chi connectivity index (χ2v) is 9.05. The fraction of sp³-hybridized carbons (Fsp3) is 0.250. The number of H-pyrrole nitrogens is 1. The highest BCUT2D eigenvalue weighted by Gasteiger charge is 2.34. The van der Waals surface area contributed by atoms with E-state index in [1.165, 1.54) is 11.8 Å². The molecule has 0 bridgehead atoms. The Labute approximate surface area is 190 Å². The lowest BCUT2D eigenvalue weighted by atomic mass is 9.92. The summed E-state index contributed by atoms with van der Waals surface area (Å²) in [6.07, 6.45) is -0.107. The van der Waals surface area contributed by atoms with Gasteiger partial charge in [-0.05, 0) is 49.6 Å². The van der Waals surface area contributed by atoms with E-state index in [2.05, 4.69) is 26.7 Å². The Balaban J connectivity index is 1.58. The van der Waals surface area contributed by atoms with Gasteiger partial charge in [0.1, 0.15) is 5.82 Å². The molecule has 0 aliphatic carbocycles. The molecule has 1 aromatic heterocycles. The summed E-state index contributed by atoms with van der Waals surface area (Å²) >= 11 is 1.37. The van der Waals surface area contributed by atoms with Crippen molar-refractivity contribution in [2.24, 2.45) is 0 Å². The Morgan fingerprint density at radius 2 is 1.84 bits per heavy atom. The van der Waals surface area contributed by atoms with Gasteiger partial charge in [0.05, 0.1) is 11.5 Å². The van der Waals surface area contributed by atoms with Gasteiger partial charge in [-0.2, -0.15) is 0 Å². The van der Waals surface area contributed by atoms with Crippen LogP contribution < -0.4 is 16.2 Å². The second-order valence-electron chi connectivity index (χ2n) is 8.08. The smallest absolute Gasteiger partial charge is 0.257 e. The van der Waals surface area contributed by atoms with E-state index in [0.717, 1.165) is 22.3 Å². The number of carbonyl (C=O) groups excluding carboxylic acids is 2. The van der Waals surface area contributed by atoms with Gasteiger partial charge in [0.25, 0.3) is 5.56 Å². The van der Waals surface area contributed by atoms with Crippen molar-refractivity contribution in [1.29, 1.82) is 0 Å². The van der Waals surface area contributed by atoms with Gasteiger partial charge in [-0.25, -0.2) is 4.98 Å². The highest BCUT2D eigenvalue weighted by Crippen LogP contribution is 2.31. The maximum Gasteiger partial charge on any atom is 0.257 e. The van der Waals surface area contributed by atoms with Gasteiger partial charge in [0, 0.05) is 17.9 Å². The maximum atomic E-state index is 13.0. The zero-order valence-corrected chi connectivity index (χ0v) is 18.9. The largest absolute Gasteiger partial charge is 0.326 e. The summed E-state index contributed by atoms with van der Waals surface area (Å²) in [4.78, 5) is 45.4. The topological polar surface area (TPSA) is 104 Å². The van der Waals surface area contributed by atoms with Crippen LogP contribution in [0.3, 0.4) is 0 Å². The summed E-state index contributed by atoms with van der Waals surface area (Å²) in [5.74, 6) is -0.887. The molecule has 1 atom stereocenters. The molecule has 164 valence electrons. The van der Waals surface area contributed by atoms with Gasteiger partial charge in [-0.15, -0.1) is 0 Å². The fourth-order valence-corrected chi connectivity index (χ4v) is 4.68. The molecule has 2 amide bonds. The van der Waals surface area contributed by atoms with Crippen LogP contribution in [0.4, 0.5) is 11.5 Å². The first-order valence-electron chi connectivity index (χ1n) is 10.3. The highest BCUT2D eigenvalue weighted by molar-refractivity contribution is 7.98. The van der Waals surface area contributed by atoms with Gasteiger partial charge in [0.2, 0.25) is 11.8 Å². The molecule has 2 heterocycles. The summed E-state index contributed by atoms with van der Waals surface area (Å²) in [5, 5.41) is 5.89. The summed E-state index contributed by atoms with van der Waals surface area (Å²) in [5.41, 5.74) is 4.68. The van der Waals surface area contributed by atoms with Crippen molar-refractivity contribution < 1.29 is 9.59 Å². The van der Waals surface area contributed by atoms with Crippen LogP contribution in [-0.4, -0.2) is 21.8 Å². The fourth-order valence-electron chi connectivity index (χ4n) is 3.87. The number of aryl methyl sites for hydroxylation is 3. The number of anilines is 2. The van der Waals surface area contributed by atoms with E-state index in [1.54, 1.807) is 0 Å². The van der Waals surface area contributed by atoms with E-state index in [4.69, 9.17) is 0 Å². The van der Waals surface area contributed by atoms with Crippen molar-refractivity contribution in [3.8, 4) is 0 Å². The Morgan fingerprint density at radius 1 is 1.09 bits per heavy atom. The second kappa shape index (κ2) is 9.00. The van der Waals surface area contributed by atoms with Crippen molar-refractivity contribution in [3.63, 3.8) is 0 Å². The van der Waals surface area contributed by atoms with E-state index in [0.29, 0.717) is 16.6 Å². The molecule has 1 aliphatic rings. The van der Waals surface area contributed by atoms with Gasteiger partial charge in [0.15, 0.2) is 5.16 Å². The van der Waals surface area contributed by atoms with E-state index in [-0.39, 0.29) is 23.7 Å². The first-order chi connectivity index (χ1) is 15.3. The van der Waals surface area contributed by atoms with Gasteiger partial charge >= 0.3 is 0 Å². The molecule has 3 aromatic rings. The minimum Gasteiger partial charge on any atom is -0.326 e. The molecular weight excluding hydrogens is 424 g/mol. The van der Waals surface area contributed by atoms with Crippen LogP contribution in [-0.2, 0) is 15.3 Å². The van der Waals surface area contributed by atoms with Crippen LogP contribution >= 0.6 is 11.8 Å². The SMILES string of the molecule is Cc1cccc(CSc2nc3c(c(=O)[nH]2)[C@H](C(=O)Nc2cc(C)cc(C)c2)CC(=O)N3)c1. The maximum absolute atomic E-state index is 13.0. The van der Waals surface area contributed by atoms with Crippen molar-refractivity contribution in [1.82, 2.24) is 9.97 Å². The Morgan fingerprint density at radius 3 is 2.56 bits per heavy atom. The zero-order chi connectivity index (χ0) is 22.8. The molecule has 7 nitrogen and oxygen atoms in total. The predicted octanol–water partition coefficient (Wildman–Crippen LogP) is 4.05. The number of benzene rings is 2. The van der Waals surface area contributed by atoms with E-state index >= 15 is 0 Å². The number of hydrogen-bond acceptors (Lipinski definition) is 5. The van der Waals surface area contributed by atoms with Crippen LogP contribution in [0.25, 0.3) is 0 Å². The van der Waals surface area contributed by atoms with Crippen LogP contribution in [0.15, 0.2) is 52.4 Å². The minimum atomic E-state index is -0.911. The van der Waals surface area contributed by atoms with Crippen LogP contribution in [0.1, 0.15) is 40.2 Å². The minimum absolute atomic E-state index is 0.107. The first kappa shape index (κ1) is 21.8. The highest BCUT2D eigenvalue weighted by atomic mass is 32.2. The van der Waals surface area contributed by atoms with E-state index in [9.17, 15) is 14.4 Å². The zero-order valence-electron chi connectivity index (χ0n) is 18.1. The lowest BCUT2D eigenvalue weighted by molar-refractivity contribution is -0.123. The molecule has 8 heteroatoms. The van der Waals surface area contributed by atoms with Crippen molar-refractivity contribution in [3.05, 3.63) is 80.6 Å². The normalized spacial score (nSPS) is 15.1. The molecular formula is C24H24N4O3S. The number of amides is 2. The number of aromatic amines is 1. The van der Waals surface area contributed by atoms with Crippen LogP contribution in [0.5, 0.6) is 0 Å². The van der Waals surface area contributed by atoms with E-state index in [1.807, 2.05) is 57.2 Å². The third kappa shape index (κ3) is 4.91. The predicted molar refractivity (Wildman–Crippen MR) is 126 cm³/mol. The molecule has 3 N–H and O–H groups in total. The molecule has 0 unspecified atom stereocenters. The quantitative estimate of drug-likeness (QED) is 0.403. The van der Waals surface area contributed by atoms with Gasteiger partial charge < -0.3 is 15.6 Å². The lowest BCUT2D eigenvalue weighted by Crippen LogP contribution is -2.36.